The summed E-state index contributed by atoms with van der Waals surface area (Å²) in [6.45, 7) is 5.35. The van der Waals surface area contributed by atoms with E-state index in [1.807, 2.05) is 31.2 Å². The first-order valence-electron chi connectivity index (χ1n) is 19.4. The van der Waals surface area contributed by atoms with Crippen LogP contribution in [0.25, 0.3) is 0 Å². The number of rotatable bonds is 12. The molecule has 0 radical (unpaired) electrons. The molecule has 17 heteroatoms. The fraction of sp³-hybridized carbons (Fsp3) is 0.590. The summed E-state index contributed by atoms with van der Waals surface area (Å²) in [4.78, 5) is 59.7. The van der Waals surface area contributed by atoms with Crippen LogP contribution in [0.3, 0.4) is 0 Å². The molecule has 4 aliphatic heterocycles. The van der Waals surface area contributed by atoms with E-state index in [2.05, 4.69) is 10.2 Å². The van der Waals surface area contributed by atoms with Gasteiger partial charge < -0.3 is 40.0 Å². The van der Waals surface area contributed by atoms with Gasteiger partial charge in [0.15, 0.2) is 6.10 Å². The molecule has 4 heterocycles. The average molecular weight is 807 g/mol. The molecule has 0 spiro atoms. The van der Waals surface area contributed by atoms with Gasteiger partial charge in [-0.1, -0.05) is 43.1 Å². The number of carbonyl (C=O) groups is 4. The lowest BCUT2D eigenvalue weighted by molar-refractivity contribution is -0.157. The van der Waals surface area contributed by atoms with Crippen LogP contribution in [0.4, 0.5) is 34.1 Å². The number of ether oxygens (including phenoxy) is 3. The predicted molar refractivity (Wildman–Crippen MR) is 202 cm³/mol. The Balaban J connectivity index is 1.05. The number of esters is 1. The fourth-order valence-corrected chi connectivity index (χ4v) is 8.04. The van der Waals surface area contributed by atoms with Crippen LogP contribution in [-0.2, 0) is 42.8 Å². The number of para-hydroxylation sites is 1. The fourth-order valence-electron chi connectivity index (χ4n) is 7.80. The van der Waals surface area contributed by atoms with E-state index >= 15 is 0 Å². The van der Waals surface area contributed by atoms with Gasteiger partial charge >= 0.3 is 24.3 Å². The first-order valence-corrected chi connectivity index (χ1v) is 19.7. The Bertz CT molecular complexity index is 1730. The van der Waals surface area contributed by atoms with E-state index in [4.69, 9.17) is 31.5 Å². The zero-order valence-electron chi connectivity index (χ0n) is 31.5. The normalized spacial score (nSPS) is 19.4. The van der Waals surface area contributed by atoms with Crippen molar-refractivity contribution >= 4 is 47.0 Å². The van der Waals surface area contributed by atoms with Gasteiger partial charge in [-0.3, -0.25) is 9.69 Å². The number of hydrogen-bond acceptors (Lipinski definition) is 9. The van der Waals surface area contributed by atoms with E-state index in [-0.39, 0.29) is 66.9 Å². The number of halogens is 4. The number of fused-ring (bicyclic) bond motifs is 1. The molecular weight excluding hydrogens is 757 g/mol. The molecule has 3 N–H and O–H groups in total. The topological polar surface area (TPSA) is 147 Å². The smallest absolute Gasteiger partial charge is 0.418 e. The van der Waals surface area contributed by atoms with Crippen molar-refractivity contribution in [3.8, 4) is 0 Å². The number of amides is 4. The molecule has 0 unspecified atom stereocenters. The third-order valence-electron chi connectivity index (χ3n) is 11.1. The summed E-state index contributed by atoms with van der Waals surface area (Å²) >= 11 is 6.12. The lowest BCUT2D eigenvalue weighted by Crippen LogP contribution is -2.59. The van der Waals surface area contributed by atoms with Crippen molar-refractivity contribution in [1.82, 2.24) is 19.6 Å². The zero-order valence-corrected chi connectivity index (χ0v) is 32.3. The molecule has 13 nitrogen and oxygen atoms in total. The molecule has 0 bridgehead atoms. The Labute approximate surface area is 329 Å². The van der Waals surface area contributed by atoms with E-state index in [0.717, 1.165) is 30.2 Å². The number of likely N-dealkylation sites (tertiary alicyclic amines) is 3. The van der Waals surface area contributed by atoms with Crippen molar-refractivity contribution in [1.29, 1.82) is 0 Å². The van der Waals surface area contributed by atoms with E-state index < -0.39 is 35.5 Å². The first kappa shape index (κ1) is 41.4. The minimum atomic E-state index is -4.79. The molecule has 4 amide bonds. The third-order valence-corrected chi connectivity index (χ3v) is 11.4. The van der Waals surface area contributed by atoms with Gasteiger partial charge in [0.25, 0.3) is 5.91 Å². The summed E-state index contributed by atoms with van der Waals surface area (Å²) < 4.78 is 58.3. The maximum Gasteiger partial charge on any atom is 0.418 e. The highest BCUT2D eigenvalue weighted by atomic mass is 35.5. The molecular formula is C39H50ClF3N6O7. The van der Waals surface area contributed by atoms with Crippen molar-refractivity contribution in [3.63, 3.8) is 0 Å². The van der Waals surface area contributed by atoms with Crippen molar-refractivity contribution in [2.24, 2.45) is 0 Å². The number of alkyl halides is 3. The maximum absolute atomic E-state index is 14.1. The molecule has 3 saturated heterocycles. The van der Waals surface area contributed by atoms with Crippen LogP contribution in [0.1, 0.15) is 62.1 Å². The molecule has 3 fully saturated rings. The van der Waals surface area contributed by atoms with Crippen LogP contribution in [0.15, 0.2) is 36.4 Å². The Morgan fingerprint density at radius 3 is 2.36 bits per heavy atom. The Hall–Kier alpha value is -4.28. The Morgan fingerprint density at radius 1 is 0.982 bits per heavy atom. The molecule has 6 rings (SSSR count). The largest absolute Gasteiger partial charge is 0.464 e. The Kier molecular flexibility index (Phi) is 13.5. The molecule has 56 heavy (non-hydrogen) atoms. The van der Waals surface area contributed by atoms with E-state index in [0.29, 0.717) is 71.4 Å². The lowest BCUT2D eigenvalue weighted by atomic mass is 9.97. The third kappa shape index (κ3) is 10.2. The highest BCUT2D eigenvalue weighted by Gasteiger charge is 2.40. The summed E-state index contributed by atoms with van der Waals surface area (Å²) in [7, 11) is 0. The van der Waals surface area contributed by atoms with Crippen LogP contribution in [0.5, 0.6) is 0 Å². The number of nitrogens with zero attached hydrogens (tertiary/aromatic N) is 4. The van der Waals surface area contributed by atoms with Crippen molar-refractivity contribution < 1.29 is 46.6 Å². The molecule has 0 aliphatic carbocycles. The van der Waals surface area contributed by atoms with Gasteiger partial charge in [-0.05, 0) is 67.9 Å². The van der Waals surface area contributed by atoms with Crippen LogP contribution in [0.2, 0.25) is 5.02 Å². The summed E-state index contributed by atoms with van der Waals surface area (Å²) in [6, 6.07) is 9.60. The van der Waals surface area contributed by atoms with Gasteiger partial charge in [0.1, 0.15) is 6.61 Å². The minimum Gasteiger partial charge on any atom is -0.464 e. The van der Waals surface area contributed by atoms with Crippen LogP contribution < -0.4 is 11.1 Å². The van der Waals surface area contributed by atoms with Crippen molar-refractivity contribution in [2.45, 2.75) is 88.8 Å². The number of carbonyl (C=O) groups excluding carboxylic acids is 4. The SMILES string of the molecule is CCCCOC(=O)COC1CN(C2CCN(C(=O)[C@@H](Cc3cc(Cl)c(N)c(C(F)(F)F)c3)OC(=O)N3CCC(N4CCc5ccccc5NC4=O)CC3)CC2)C1. The average Bonchev–Trinajstić information content (AvgIpc) is 3.33. The predicted octanol–water partition coefficient (Wildman–Crippen LogP) is 5.58. The molecule has 4 aliphatic rings. The van der Waals surface area contributed by atoms with E-state index in [1.54, 1.807) is 9.80 Å². The second-order valence-corrected chi connectivity index (χ2v) is 15.3. The van der Waals surface area contributed by atoms with Gasteiger partial charge in [-0.2, -0.15) is 13.2 Å². The Morgan fingerprint density at radius 2 is 1.66 bits per heavy atom. The van der Waals surface area contributed by atoms with Gasteiger partial charge in [0.05, 0.1) is 29.0 Å². The number of nitrogen functional groups attached to an aromatic ring is 1. The quantitative estimate of drug-likeness (QED) is 0.160. The monoisotopic (exact) mass is 806 g/mol. The van der Waals surface area contributed by atoms with Gasteiger partial charge in [0.2, 0.25) is 0 Å². The minimum absolute atomic E-state index is 0.0466. The van der Waals surface area contributed by atoms with Gasteiger partial charge in [-0.15, -0.1) is 0 Å². The molecule has 0 saturated carbocycles. The number of nitrogens with one attached hydrogen (secondary N) is 1. The highest BCUT2D eigenvalue weighted by molar-refractivity contribution is 6.33. The number of nitrogens with two attached hydrogens (primary N) is 1. The zero-order chi connectivity index (χ0) is 40.0. The van der Waals surface area contributed by atoms with E-state index in [1.165, 1.54) is 11.0 Å². The summed E-state index contributed by atoms with van der Waals surface area (Å²) in [5.74, 6) is -0.895. The van der Waals surface area contributed by atoms with E-state index in [9.17, 15) is 32.3 Å². The van der Waals surface area contributed by atoms with Crippen molar-refractivity contribution in [2.75, 3.05) is 70.1 Å². The number of unbranched alkanes of at least 4 members (excludes halogenated alkanes) is 1. The molecule has 0 aromatic heterocycles. The first-order chi connectivity index (χ1) is 26.8. The van der Waals surface area contributed by atoms with Crippen LogP contribution in [0, 0.1) is 0 Å². The number of benzene rings is 2. The number of piperidine rings is 2. The standard InChI is InChI=1S/C39H50ClF3N6O7/c1-2-3-18-54-34(50)24-55-29-22-48(23-29)27-9-13-46(14-10-27)36(51)33(21-25-19-30(39(41,42)43)35(44)31(40)20-25)56-38(53)47-15-11-28(12-16-47)49-17-8-26-6-4-5-7-32(26)45-37(49)52/h4-7,19-20,27-29,33H,2-3,8-18,21-24,44H2,1H3,(H,45,52)/t33-/m1/s1. The molecule has 2 aromatic rings. The van der Waals surface area contributed by atoms with Crippen molar-refractivity contribution in [3.05, 3.63) is 58.1 Å². The molecule has 2 aromatic carbocycles. The maximum atomic E-state index is 14.1. The number of anilines is 2. The second kappa shape index (κ2) is 18.3. The highest BCUT2D eigenvalue weighted by Crippen LogP contribution is 2.38. The summed E-state index contributed by atoms with van der Waals surface area (Å²) in [5.41, 5.74) is 5.78. The molecule has 1 atom stereocenters. The lowest BCUT2D eigenvalue weighted by Gasteiger charge is -2.47. The summed E-state index contributed by atoms with van der Waals surface area (Å²) in [5, 5.41) is 2.66. The number of urea groups is 1. The number of hydrogen-bond donors (Lipinski definition) is 2. The van der Waals surface area contributed by atoms with Gasteiger partial charge in [0, 0.05) is 70.0 Å². The van der Waals surface area contributed by atoms with Crippen LogP contribution >= 0.6 is 11.6 Å². The van der Waals surface area contributed by atoms with Gasteiger partial charge in [-0.25, -0.2) is 14.4 Å². The molecule has 306 valence electrons. The summed E-state index contributed by atoms with van der Waals surface area (Å²) in [6.07, 6.45) is -2.75. The van der Waals surface area contributed by atoms with Crippen LogP contribution in [-0.4, -0.2) is 127 Å². The second-order valence-electron chi connectivity index (χ2n) is 14.9.